The molecule has 6 heteroatoms. The first-order valence-corrected chi connectivity index (χ1v) is 6.74. The van der Waals surface area contributed by atoms with Crippen LogP contribution in [0.5, 0.6) is 0 Å². The fourth-order valence-electron chi connectivity index (χ4n) is 1.65. The summed E-state index contributed by atoms with van der Waals surface area (Å²) in [5.74, 6) is 0.0560. The minimum atomic E-state index is -0.803. The first-order valence-electron chi connectivity index (χ1n) is 5.35. The van der Waals surface area contributed by atoms with Crippen LogP contribution in [0.1, 0.15) is 19.3 Å². The average Bonchev–Trinajstić information content (AvgIpc) is 2.16. The summed E-state index contributed by atoms with van der Waals surface area (Å²) < 4.78 is 0. The summed E-state index contributed by atoms with van der Waals surface area (Å²) in [7, 11) is 0. The lowest BCUT2D eigenvalue weighted by atomic mass is 9.69. The molecule has 0 aromatic heterocycles. The van der Waals surface area contributed by atoms with Crippen molar-refractivity contribution in [1.82, 2.24) is 10.6 Å². The molecule has 16 heavy (non-hydrogen) atoms. The van der Waals surface area contributed by atoms with Gasteiger partial charge in [0.15, 0.2) is 0 Å². The fraction of sp³-hybridized carbons (Fsp3) is 0.800. The highest BCUT2D eigenvalue weighted by atomic mass is 32.2. The van der Waals surface area contributed by atoms with E-state index in [0.717, 1.165) is 12.2 Å². The summed E-state index contributed by atoms with van der Waals surface area (Å²) >= 11 is 1.65. The second-order valence-electron chi connectivity index (χ2n) is 4.04. The van der Waals surface area contributed by atoms with Gasteiger partial charge in [-0.05, 0) is 19.1 Å². The molecule has 0 aromatic carbocycles. The molecular formula is C10H18N2O3S. The number of rotatable bonds is 6. The van der Waals surface area contributed by atoms with Gasteiger partial charge in [0.2, 0.25) is 0 Å². The third kappa shape index (κ3) is 3.30. The number of carbonyl (C=O) groups excluding carboxylic acids is 1. The minimum Gasteiger partial charge on any atom is -0.481 e. The van der Waals surface area contributed by atoms with Crippen LogP contribution in [-0.4, -0.2) is 42.2 Å². The number of aliphatic carboxylic acids is 1. The predicted octanol–water partition coefficient (Wildman–Crippen LogP) is 0.903. The summed E-state index contributed by atoms with van der Waals surface area (Å²) in [5, 5.41) is 14.3. The van der Waals surface area contributed by atoms with E-state index in [4.69, 9.17) is 5.11 Å². The Labute approximate surface area is 99.4 Å². The molecular weight excluding hydrogens is 228 g/mol. The monoisotopic (exact) mass is 246 g/mol. The molecule has 1 saturated carbocycles. The summed E-state index contributed by atoms with van der Waals surface area (Å²) in [6.07, 6.45) is 4.22. The molecule has 0 saturated heterocycles. The maximum atomic E-state index is 11.3. The Hall–Kier alpha value is -0.910. The Bertz CT molecular complexity index is 267. The van der Waals surface area contributed by atoms with E-state index in [1.807, 2.05) is 6.26 Å². The highest BCUT2D eigenvalue weighted by Crippen LogP contribution is 2.40. The van der Waals surface area contributed by atoms with Crippen LogP contribution >= 0.6 is 11.8 Å². The van der Waals surface area contributed by atoms with Crippen molar-refractivity contribution in [2.45, 2.75) is 19.3 Å². The zero-order valence-corrected chi connectivity index (χ0v) is 10.2. The van der Waals surface area contributed by atoms with E-state index in [1.54, 1.807) is 11.8 Å². The Morgan fingerprint density at radius 1 is 1.38 bits per heavy atom. The summed E-state index contributed by atoms with van der Waals surface area (Å²) in [6.45, 7) is 0.834. The molecule has 1 rings (SSSR count). The number of amides is 2. The molecule has 1 fully saturated rings. The number of thioether (sulfide) groups is 1. The van der Waals surface area contributed by atoms with Crippen LogP contribution in [0.3, 0.4) is 0 Å². The van der Waals surface area contributed by atoms with E-state index in [0.29, 0.717) is 19.4 Å². The molecule has 0 aromatic rings. The van der Waals surface area contributed by atoms with E-state index in [-0.39, 0.29) is 12.6 Å². The Kier molecular flexibility index (Phi) is 4.92. The molecule has 5 nitrogen and oxygen atoms in total. The van der Waals surface area contributed by atoms with Gasteiger partial charge in [-0.3, -0.25) is 4.79 Å². The minimum absolute atomic E-state index is 0.230. The van der Waals surface area contributed by atoms with Crippen LogP contribution in [0.15, 0.2) is 0 Å². The van der Waals surface area contributed by atoms with Crippen LogP contribution in [0.4, 0.5) is 4.79 Å². The van der Waals surface area contributed by atoms with E-state index in [9.17, 15) is 9.59 Å². The average molecular weight is 246 g/mol. The van der Waals surface area contributed by atoms with Gasteiger partial charge in [-0.15, -0.1) is 0 Å². The van der Waals surface area contributed by atoms with Crippen molar-refractivity contribution in [2.24, 2.45) is 5.41 Å². The normalized spacial score (nSPS) is 17.3. The van der Waals surface area contributed by atoms with Gasteiger partial charge in [-0.25, -0.2) is 4.79 Å². The third-order valence-corrected chi connectivity index (χ3v) is 3.56. The fourth-order valence-corrected chi connectivity index (χ4v) is 1.95. The lowest BCUT2D eigenvalue weighted by molar-refractivity contribution is -0.153. The molecule has 0 spiro atoms. The van der Waals surface area contributed by atoms with Crippen molar-refractivity contribution >= 4 is 23.8 Å². The summed E-state index contributed by atoms with van der Waals surface area (Å²) in [4.78, 5) is 22.3. The van der Waals surface area contributed by atoms with Crippen molar-refractivity contribution in [3.05, 3.63) is 0 Å². The quantitative estimate of drug-likeness (QED) is 0.609. The Morgan fingerprint density at radius 3 is 2.50 bits per heavy atom. The van der Waals surface area contributed by atoms with Crippen LogP contribution in [0, 0.1) is 5.41 Å². The summed E-state index contributed by atoms with van der Waals surface area (Å²) in [6, 6.07) is -0.276. The van der Waals surface area contributed by atoms with Crippen molar-refractivity contribution < 1.29 is 14.7 Å². The van der Waals surface area contributed by atoms with Crippen LogP contribution in [0.25, 0.3) is 0 Å². The first kappa shape index (κ1) is 13.2. The van der Waals surface area contributed by atoms with E-state index in [2.05, 4.69) is 10.6 Å². The van der Waals surface area contributed by atoms with Gasteiger partial charge in [-0.2, -0.15) is 11.8 Å². The van der Waals surface area contributed by atoms with Crippen molar-refractivity contribution in [1.29, 1.82) is 0 Å². The number of hydrogen-bond acceptors (Lipinski definition) is 3. The molecule has 0 atom stereocenters. The van der Waals surface area contributed by atoms with Crippen LogP contribution in [0.2, 0.25) is 0 Å². The van der Waals surface area contributed by atoms with Gasteiger partial charge in [0.25, 0.3) is 0 Å². The predicted molar refractivity (Wildman–Crippen MR) is 63.7 cm³/mol. The lowest BCUT2D eigenvalue weighted by Gasteiger charge is -2.37. The van der Waals surface area contributed by atoms with Crippen molar-refractivity contribution in [3.8, 4) is 0 Å². The highest BCUT2D eigenvalue weighted by molar-refractivity contribution is 7.98. The maximum Gasteiger partial charge on any atom is 0.314 e. The van der Waals surface area contributed by atoms with Crippen molar-refractivity contribution in [2.75, 3.05) is 25.1 Å². The van der Waals surface area contributed by atoms with Gasteiger partial charge < -0.3 is 15.7 Å². The molecule has 3 N–H and O–H groups in total. The van der Waals surface area contributed by atoms with Gasteiger partial charge in [0.1, 0.15) is 0 Å². The topological polar surface area (TPSA) is 78.4 Å². The maximum absolute atomic E-state index is 11.3. The molecule has 92 valence electrons. The molecule has 0 unspecified atom stereocenters. The van der Waals surface area contributed by atoms with Gasteiger partial charge in [0, 0.05) is 18.8 Å². The molecule has 1 aliphatic carbocycles. The lowest BCUT2D eigenvalue weighted by Crippen LogP contribution is -2.49. The number of nitrogens with one attached hydrogen (secondary N) is 2. The smallest absolute Gasteiger partial charge is 0.314 e. The zero-order valence-electron chi connectivity index (χ0n) is 9.41. The van der Waals surface area contributed by atoms with Gasteiger partial charge in [-0.1, -0.05) is 6.42 Å². The first-order chi connectivity index (χ1) is 7.60. The molecule has 0 radical (unpaired) electrons. The number of hydrogen-bond donors (Lipinski definition) is 3. The second-order valence-corrected chi connectivity index (χ2v) is 5.03. The van der Waals surface area contributed by atoms with Gasteiger partial charge >= 0.3 is 12.0 Å². The molecule has 1 aliphatic rings. The largest absolute Gasteiger partial charge is 0.481 e. The van der Waals surface area contributed by atoms with Crippen molar-refractivity contribution in [3.63, 3.8) is 0 Å². The molecule has 0 heterocycles. The Balaban J connectivity index is 2.22. The molecule has 2 amide bonds. The number of urea groups is 1. The number of carbonyl (C=O) groups is 2. The second kappa shape index (κ2) is 5.98. The number of carboxylic acids is 1. The van der Waals surface area contributed by atoms with E-state index in [1.165, 1.54) is 0 Å². The SMILES string of the molecule is CSCCNC(=O)NCC1(C(=O)O)CCC1. The Morgan fingerprint density at radius 2 is 2.06 bits per heavy atom. The third-order valence-electron chi connectivity index (χ3n) is 2.94. The molecule has 0 bridgehead atoms. The number of carboxylic acid groups (broad SMARTS) is 1. The summed E-state index contributed by atoms with van der Waals surface area (Å²) in [5.41, 5.74) is -0.711. The van der Waals surface area contributed by atoms with E-state index < -0.39 is 11.4 Å². The van der Waals surface area contributed by atoms with Crippen LogP contribution < -0.4 is 10.6 Å². The van der Waals surface area contributed by atoms with Crippen LogP contribution in [-0.2, 0) is 4.79 Å². The standard InChI is InChI=1S/C10H18N2O3S/c1-16-6-5-11-9(15)12-7-10(8(13)14)3-2-4-10/h2-7H2,1H3,(H,13,14)(H2,11,12,15). The molecule has 0 aliphatic heterocycles. The van der Waals surface area contributed by atoms with E-state index >= 15 is 0 Å². The highest BCUT2D eigenvalue weighted by Gasteiger charge is 2.44. The zero-order chi connectivity index (χ0) is 12.0. The van der Waals surface area contributed by atoms with Gasteiger partial charge in [0.05, 0.1) is 5.41 Å².